The Morgan fingerprint density at radius 3 is 1.25 bits per heavy atom. The van der Waals surface area contributed by atoms with E-state index in [0.29, 0.717) is 0 Å². The summed E-state index contributed by atoms with van der Waals surface area (Å²) in [4.78, 5) is 0. The van der Waals surface area contributed by atoms with Gasteiger partial charge < -0.3 is 6.90 Å². The van der Waals surface area contributed by atoms with Crippen molar-refractivity contribution in [1.82, 2.24) is 0 Å². The summed E-state index contributed by atoms with van der Waals surface area (Å²) in [6.07, 6.45) is 0. The molecule has 0 aliphatic heterocycles. The summed E-state index contributed by atoms with van der Waals surface area (Å²) >= 11 is 0. The van der Waals surface area contributed by atoms with Crippen molar-refractivity contribution in [2.45, 2.75) is 0 Å². The molecule has 0 amide bonds. The smallest absolute Gasteiger partial charge is 1.00 e. The predicted octanol–water partition coefficient (Wildman–Crippen LogP) is -4.74. The van der Waals surface area contributed by atoms with Crippen molar-refractivity contribution in [1.29, 1.82) is 0 Å². The molecule has 0 aromatic carbocycles. The molecule has 4 heavy (non-hydrogen) atoms. The van der Waals surface area contributed by atoms with Gasteiger partial charge in [0.15, 0.2) is 17.4 Å². The maximum absolute atomic E-state index is 0. The zero-order valence-corrected chi connectivity index (χ0v) is 8.19. The Labute approximate surface area is 95.2 Å². The third kappa shape index (κ3) is 8.82. The second-order valence-corrected chi connectivity index (χ2v) is 0. The van der Waals surface area contributed by atoms with Crippen LogP contribution in [0.1, 0.15) is 1.43 Å². The minimum absolute atomic E-state index is 0. The van der Waals surface area contributed by atoms with Gasteiger partial charge in [-0.15, -0.1) is 0 Å². The van der Waals surface area contributed by atoms with Gasteiger partial charge in [0.25, 0.3) is 0 Å². The van der Waals surface area contributed by atoms with Crippen molar-refractivity contribution in [2.24, 2.45) is 0 Å². The van der Waals surface area contributed by atoms with Crippen molar-refractivity contribution in [3.8, 4) is 0 Å². The monoisotopic (exact) mass is 202 g/mol. The molecule has 0 aliphatic carbocycles. The molecule has 0 aromatic rings. The SMILES string of the molecule is F.O.[AlH3].[Cs+].[H-]. The summed E-state index contributed by atoms with van der Waals surface area (Å²) in [6.45, 7) is 0. The van der Waals surface area contributed by atoms with Crippen LogP contribution in [0.4, 0.5) is 4.70 Å². The first-order valence-electron chi connectivity index (χ1n) is 0. The fourth-order valence-corrected chi connectivity index (χ4v) is 0. The third-order valence-corrected chi connectivity index (χ3v) is 0. The molecule has 24 valence electrons. The minimum Gasteiger partial charge on any atom is -1.00 e. The van der Waals surface area contributed by atoms with Crippen molar-refractivity contribution < 1.29 is 80.5 Å². The average Bonchev–Trinajstić information content (AvgIpc) is 0. The third-order valence-electron chi connectivity index (χ3n) is 0. The normalized spacial score (nSPS) is 0. The number of halogens is 1. The molecule has 0 rings (SSSR count). The zero-order valence-electron chi connectivity index (χ0n) is 2.91. The summed E-state index contributed by atoms with van der Waals surface area (Å²) in [6, 6.07) is 0. The van der Waals surface area contributed by atoms with Crippen LogP contribution in [0.15, 0.2) is 0 Å². The Bertz CT molecular complexity index is 11.6. The fraction of sp³-hybridized carbons (Fsp3) is 0. The van der Waals surface area contributed by atoms with E-state index in [4.69, 9.17) is 0 Å². The van der Waals surface area contributed by atoms with Crippen LogP contribution in [0.25, 0.3) is 0 Å². The van der Waals surface area contributed by atoms with Crippen LogP contribution in [0.3, 0.4) is 0 Å². The Balaban J connectivity index is 0. The van der Waals surface area contributed by atoms with Gasteiger partial charge in [0.05, 0.1) is 0 Å². The van der Waals surface area contributed by atoms with Crippen molar-refractivity contribution >= 4 is 17.4 Å². The molecule has 0 aliphatic rings. The molecular weight excluding hydrogens is 195 g/mol. The van der Waals surface area contributed by atoms with E-state index in [2.05, 4.69) is 0 Å². The topological polar surface area (TPSA) is 31.5 Å². The first-order valence-corrected chi connectivity index (χ1v) is 0. The van der Waals surface area contributed by atoms with E-state index in [1.54, 1.807) is 0 Å². The molecule has 1 nitrogen and oxygen atoms in total. The molecule has 0 aromatic heterocycles. The molecule has 0 heterocycles. The van der Waals surface area contributed by atoms with E-state index in [-0.39, 0.29) is 97.9 Å². The van der Waals surface area contributed by atoms with Crippen LogP contribution in [-0.2, 0) is 0 Å². The first kappa shape index (κ1) is 31.7. The molecule has 0 saturated heterocycles. The maximum atomic E-state index is 0. The average molecular weight is 202 g/mol. The zero-order chi connectivity index (χ0) is 0. The van der Waals surface area contributed by atoms with Crippen LogP contribution >= 0.6 is 0 Å². The molecule has 0 atom stereocenters. The molecule has 0 spiro atoms. The van der Waals surface area contributed by atoms with Crippen LogP contribution < -0.4 is 68.9 Å². The van der Waals surface area contributed by atoms with E-state index in [1.165, 1.54) is 0 Å². The predicted molar refractivity (Wildman–Crippen MR) is 17.2 cm³/mol. The molecule has 2 N–H and O–H groups in total. The van der Waals surface area contributed by atoms with Crippen molar-refractivity contribution in [2.75, 3.05) is 0 Å². The molecular formula is H7AlCsFO. The summed E-state index contributed by atoms with van der Waals surface area (Å²) < 4.78 is 0. The minimum atomic E-state index is 0. The van der Waals surface area contributed by atoms with E-state index in [1.807, 2.05) is 0 Å². The van der Waals surface area contributed by atoms with Gasteiger partial charge in [0.2, 0.25) is 0 Å². The van der Waals surface area contributed by atoms with E-state index in [0.717, 1.165) is 0 Å². The van der Waals surface area contributed by atoms with Gasteiger partial charge in [-0.3, -0.25) is 4.70 Å². The van der Waals surface area contributed by atoms with Crippen LogP contribution in [-0.4, -0.2) is 22.8 Å². The van der Waals surface area contributed by atoms with Crippen LogP contribution in [0.5, 0.6) is 0 Å². The van der Waals surface area contributed by atoms with Gasteiger partial charge in [0.1, 0.15) is 0 Å². The van der Waals surface area contributed by atoms with Crippen LogP contribution in [0.2, 0.25) is 0 Å². The van der Waals surface area contributed by atoms with E-state index >= 15 is 0 Å². The first-order chi connectivity index (χ1) is 0. The summed E-state index contributed by atoms with van der Waals surface area (Å²) in [7, 11) is 0. The Morgan fingerprint density at radius 1 is 1.25 bits per heavy atom. The Kier molecular flexibility index (Phi) is 142. The van der Waals surface area contributed by atoms with Gasteiger partial charge in [-0.25, -0.2) is 0 Å². The Hall–Kier alpha value is 2.47. The van der Waals surface area contributed by atoms with Crippen LogP contribution in [0, 0.1) is 0 Å². The van der Waals surface area contributed by atoms with Gasteiger partial charge in [-0.05, 0) is 0 Å². The van der Waals surface area contributed by atoms with Gasteiger partial charge in [0, 0.05) is 0 Å². The molecule has 0 fully saturated rings. The molecule has 0 radical (unpaired) electrons. The van der Waals surface area contributed by atoms with Gasteiger partial charge in [-0.1, -0.05) is 0 Å². The fourth-order valence-electron chi connectivity index (χ4n) is 0. The van der Waals surface area contributed by atoms with E-state index in [9.17, 15) is 0 Å². The molecule has 0 unspecified atom stereocenters. The second-order valence-electron chi connectivity index (χ2n) is 0. The Morgan fingerprint density at radius 2 is 1.25 bits per heavy atom. The quantitative estimate of drug-likeness (QED) is 0.353. The van der Waals surface area contributed by atoms with Crippen molar-refractivity contribution in [3.05, 3.63) is 0 Å². The van der Waals surface area contributed by atoms with Gasteiger partial charge in [-0.2, -0.15) is 0 Å². The molecule has 4 heteroatoms. The summed E-state index contributed by atoms with van der Waals surface area (Å²) in [5.41, 5.74) is 0. The molecule has 0 bridgehead atoms. The van der Waals surface area contributed by atoms with Gasteiger partial charge >= 0.3 is 68.9 Å². The number of rotatable bonds is 0. The van der Waals surface area contributed by atoms with Crippen molar-refractivity contribution in [3.63, 3.8) is 0 Å². The summed E-state index contributed by atoms with van der Waals surface area (Å²) in [5.74, 6) is 0. The number of hydrogen-bond donors (Lipinski definition) is 0. The molecule has 0 saturated carbocycles. The maximum Gasteiger partial charge on any atom is 1.00 e. The van der Waals surface area contributed by atoms with E-state index < -0.39 is 0 Å². The second kappa shape index (κ2) is 17.9. The summed E-state index contributed by atoms with van der Waals surface area (Å²) in [5, 5.41) is 0. The largest absolute Gasteiger partial charge is 1.00 e. The standard InChI is InChI=1S/Al.Cs.FH.H2O.4H/h;;1H;1H2;;;;/q;+1;;;;;;-1. The number of hydrogen-bond acceptors (Lipinski definition) is 0.